The van der Waals surface area contributed by atoms with Crippen LogP contribution >= 0.6 is 0 Å². The fourth-order valence-corrected chi connectivity index (χ4v) is 2.83. The van der Waals surface area contributed by atoms with Crippen LogP contribution in [0.5, 0.6) is 0 Å². The minimum absolute atomic E-state index is 0.141. The quantitative estimate of drug-likeness (QED) is 0.628. The molecule has 0 spiro atoms. The second kappa shape index (κ2) is 7.32. The lowest BCUT2D eigenvalue weighted by molar-refractivity contribution is -0.143. The predicted molar refractivity (Wildman–Crippen MR) is 95.2 cm³/mol. The topological polar surface area (TPSA) is 52.3 Å². The lowest BCUT2D eigenvalue weighted by Crippen LogP contribution is -2.20. The predicted octanol–water partition coefficient (Wildman–Crippen LogP) is 4.56. The van der Waals surface area contributed by atoms with Gasteiger partial charge in [0.05, 0.1) is 6.61 Å². The van der Waals surface area contributed by atoms with Gasteiger partial charge in [0.1, 0.15) is 0 Å². The zero-order chi connectivity index (χ0) is 16.9. The van der Waals surface area contributed by atoms with Gasteiger partial charge in [0, 0.05) is 17.7 Å². The molecular formula is C20H25NO2. The van der Waals surface area contributed by atoms with E-state index in [9.17, 15) is 4.79 Å². The molecule has 0 atom stereocenters. The molecular weight excluding hydrogens is 286 g/mol. The molecule has 0 aliphatic heterocycles. The number of nitrogens with two attached hydrogens (primary N) is 1. The summed E-state index contributed by atoms with van der Waals surface area (Å²) in [5, 5.41) is 0. The van der Waals surface area contributed by atoms with Crippen LogP contribution in [-0.2, 0) is 14.9 Å². The SMILES string of the molecule is CCOC(=O)CCC(C)(C)c1ccccc1-c1ccccc1N. The van der Waals surface area contributed by atoms with Crippen molar-refractivity contribution in [2.24, 2.45) is 0 Å². The highest BCUT2D eigenvalue weighted by Crippen LogP contribution is 2.38. The van der Waals surface area contributed by atoms with E-state index in [0.29, 0.717) is 13.0 Å². The van der Waals surface area contributed by atoms with Crippen LogP contribution in [0.1, 0.15) is 39.2 Å². The molecule has 0 unspecified atom stereocenters. The number of carbonyl (C=O) groups is 1. The van der Waals surface area contributed by atoms with Gasteiger partial charge in [-0.1, -0.05) is 56.3 Å². The van der Waals surface area contributed by atoms with Crippen LogP contribution in [0, 0.1) is 0 Å². The third-order valence-corrected chi connectivity index (χ3v) is 4.17. The van der Waals surface area contributed by atoms with E-state index in [2.05, 4.69) is 26.0 Å². The maximum absolute atomic E-state index is 11.7. The summed E-state index contributed by atoms with van der Waals surface area (Å²) in [6, 6.07) is 16.1. The molecule has 0 bridgehead atoms. The number of benzene rings is 2. The Balaban J connectivity index is 2.32. The highest BCUT2D eigenvalue weighted by molar-refractivity contribution is 5.79. The third kappa shape index (κ3) is 4.13. The molecule has 0 saturated carbocycles. The third-order valence-electron chi connectivity index (χ3n) is 4.17. The van der Waals surface area contributed by atoms with Gasteiger partial charge in [-0.15, -0.1) is 0 Å². The van der Waals surface area contributed by atoms with Crippen molar-refractivity contribution in [1.82, 2.24) is 0 Å². The molecule has 0 amide bonds. The Morgan fingerprint density at radius 1 is 1.04 bits per heavy atom. The number of hydrogen-bond donors (Lipinski definition) is 1. The molecule has 2 aromatic rings. The molecule has 23 heavy (non-hydrogen) atoms. The Morgan fingerprint density at radius 2 is 1.65 bits per heavy atom. The number of nitrogen functional groups attached to an aromatic ring is 1. The lowest BCUT2D eigenvalue weighted by atomic mass is 9.77. The van der Waals surface area contributed by atoms with Gasteiger partial charge in [-0.05, 0) is 36.0 Å². The van der Waals surface area contributed by atoms with Crippen molar-refractivity contribution in [2.75, 3.05) is 12.3 Å². The van der Waals surface area contributed by atoms with E-state index >= 15 is 0 Å². The first-order valence-electron chi connectivity index (χ1n) is 8.05. The molecule has 2 N–H and O–H groups in total. The van der Waals surface area contributed by atoms with Crippen molar-refractivity contribution < 1.29 is 9.53 Å². The van der Waals surface area contributed by atoms with Crippen molar-refractivity contribution in [3.63, 3.8) is 0 Å². The van der Waals surface area contributed by atoms with Crippen LogP contribution in [0.15, 0.2) is 48.5 Å². The fraction of sp³-hybridized carbons (Fsp3) is 0.350. The molecule has 3 heteroatoms. The summed E-state index contributed by atoms with van der Waals surface area (Å²) in [4.78, 5) is 11.7. The van der Waals surface area contributed by atoms with E-state index in [1.807, 2.05) is 43.3 Å². The first-order valence-corrected chi connectivity index (χ1v) is 8.05. The second-order valence-electron chi connectivity index (χ2n) is 6.32. The van der Waals surface area contributed by atoms with Gasteiger partial charge in [0.2, 0.25) is 0 Å². The van der Waals surface area contributed by atoms with Crippen LogP contribution in [0.25, 0.3) is 11.1 Å². The summed E-state index contributed by atoms with van der Waals surface area (Å²) < 4.78 is 5.05. The summed E-state index contributed by atoms with van der Waals surface area (Å²) in [6.07, 6.45) is 1.15. The molecule has 2 aromatic carbocycles. The number of rotatable bonds is 6. The van der Waals surface area contributed by atoms with Gasteiger partial charge in [0.25, 0.3) is 0 Å². The Bertz CT molecular complexity index is 677. The van der Waals surface area contributed by atoms with Gasteiger partial charge in [-0.3, -0.25) is 4.79 Å². The van der Waals surface area contributed by atoms with E-state index in [0.717, 1.165) is 23.2 Å². The van der Waals surface area contributed by atoms with Crippen LogP contribution < -0.4 is 5.73 Å². The lowest BCUT2D eigenvalue weighted by Gasteiger charge is -2.28. The van der Waals surface area contributed by atoms with Gasteiger partial charge in [-0.25, -0.2) is 0 Å². The molecule has 0 aliphatic carbocycles. The van der Waals surface area contributed by atoms with Crippen LogP contribution in [-0.4, -0.2) is 12.6 Å². The fourth-order valence-electron chi connectivity index (χ4n) is 2.83. The average Bonchev–Trinajstić information content (AvgIpc) is 2.54. The monoisotopic (exact) mass is 311 g/mol. The van der Waals surface area contributed by atoms with Crippen molar-refractivity contribution in [1.29, 1.82) is 0 Å². The summed E-state index contributed by atoms with van der Waals surface area (Å²) >= 11 is 0. The molecule has 3 nitrogen and oxygen atoms in total. The molecule has 122 valence electrons. The number of esters is 1. The average molecular weight is 311 g/mol. The normalized spacial score (nSPS) is 11.3. The van der Waals surface area contributed by atoms with Gasteiger partial charge >= 0.3 is 5.97 Å². The Kier molecular flexibility index (Phi) is 5.43. The van der Waals surface area contributed by atoms with Gasteiger partial charge < -0.3 is 10.5 Å². The first kappa shape index (κ1) is 17.1. The number of carbonyl (C=O) groups excluding carboxylic acids is 1. The maximum atomic E-state index is 11.7. The molecule has 0 heterocycles. The number of hydrogen-bond acceptors (Lipinski definition) is 3. The summed E-state index contributed by atoms with van der Waals surface area (Å²) in [7, 11) is 0. The molecule has 0 fully saturated rings. The second-order valence-corrected chi connectivity index (χ2v) is 6.32. The van der Waals surface area contributed by atoms with E-state index in [1.54, 1.807) is 0 Å². The van der Waals surface area contributed by atoms with Gasteiger partial charge in [0.15, 0.2) is 0 Å². The van der Waals surface area contributed by atoms with Crippen molar-refractivity contribution in [3.8, 4) is 11.1 Å². The highest BCUT2D eigenvalue weighted by atomic mass is 16.5. The van der Waals surface area contributed by atoms with Crippen molar-refractivity contribution >= 4 is 11.7 Å². The largest absolute Gasteiger partial charge is 0.466 e. The Labute approximate surface area is 138 Å². The number of anilines is 1. The Hall–Kier alpha value is -2.29. The highest BCUT2D eigenvalue weighted by Gasteiger charge is 2.25. The zero-order valence-electron chi connectivity index (χ0n) is 14.1. The van der Waals surface area contributed by atoms with Crippen LogP contribution in [0.2, 0.25) is 0 Å². The molecule has 0 aromatic heterocycles. The molecule has 0 radical (unpaired) electrons. The van der Waals surface area contributed by atoms with Crippen molar-refractivity contribution in [2.45, 2.75) is 39.0 Å². The Morgan fingerprint density at radius 3 is 2.30 bits per heavy atom. The summed E-state index contributed by atoms with van der Waals surface area (Å²) in [6.45, 7) is 6.57. The maximum Gasteiger partial charge on any atom is 0.305 e. The number of para-hydroxylation sites is 1. The molecule has 0 aliphatic rings. The van der Waals surface area contributed by atoms with E-state index in [1.165, 1.54) is 5.56 Å². The summed E-state index contributed by atoms with van der Waals surface area (Å²) in [5.74, 6) is -0.141. The summed E-state index contributed by atoms with van der Waals surface area (Å²) in [5.41, 5.74) is 10.1. The van der Waals surface area contributed by atoms with Crippen LogP contribution in [0.3, 0.4) is 0 Å². The smallest absolute Gasteiger partial charge is 0.305 e. The minimum Gasteiger partial charge on any atom is -0.466 e. The molecule has 0 saturated heterocycles. The first-order chi connectivity index (χ1) is 11.0. The van der Waals surface area contributed by atoms with Gasteiger partial charge in [-0.2, -0.15) is 0 Å². The minimum atomic E-state index is -0.147. The van der Waals surface area contributed by atoms with E-state index in [-0.39, 0.29) is 11.4 Å². The molecule has 2 rings (SSSR count). The van der Waals surface area contributed by atoms with E-state index < -0.39 is 0 Å². The number of ether oxygens (including phenoxy) is 1. The van der Waals surface area contributed by atoms with E-state index in [4.69, 9.17) is 10.5 Å². The van der Waals surface area contributed by atoms with Crippen LogP contribution in [0.4, 0.5) is 5.69 Å². The zero-order valence-corrected chi connectivity index (χ0v) is 14.1. The standard InChI is InChI=1S/C20H25NO2/c1-4-23-19(22)13-14-20(2,3)17-11-7-5-9-15(17)16-10-6-8-12-18(16)21/h5-12H,4,13-14,21H2,1-3H3. The van der Waals surface area contributed by atoms with Crippen molar-refractivity contribution in [3.05, 3.63) is 54.1 Å².